The molecule has 0 aliphatic carbocycles. The van der Waals surface area contributed by atoms with Gasteiger partial charge in [-0.15, -0.1) is 0 Å². The Hall–Kier alpha value is -3.64. The van der Waals surface area contributed by atoms with E-state index in [0.717, 1.165) is 23.4 Å². The fraction of sp³-hybridized carbons (Fsp3) is 0.355. The van der Waals surface area contributed by atoms with Gasteiger partial charge in [0.15, 0.2) is 6.10 Å². The summed E-state index contributed by atoms with van der Waals surface area (Å²) >= 11 is 0. The number of hydroxylamine groups is 1. The summed E-state index contributed by atoms with van der Waals surface area (Å²) in [5.74, 6) is -0.418. The number of rotatable bonds is 11. The van der Waals surface area contributed by atoms with Gasteiger partial charge in [-0.3, -0.25) is 14.4 Å². The molecule has 2 fully saturated rings. The molecule has 3 aromatic rings. The van der Waals surface area contributed by atoms with Gasteiger partial charge in [-0.05, 0) is 48.4 Å². The molecule has 0 N–H and O–H groups in total. The lowest BCUT2D eigenvalue weighted by Gasteiger charge is -2.28. The van der Waals surface area contributed by atoms with E-state index in [1.54, 1.807) is 17.2 Å². The topological polar surface area (TPSA) is 59.1 Å². The van der Waals surface area contributed by atoms with E-state index in [-0.39, 0.29) is 11.8 Å². The molecule has 2 heterocycles. The van der Waals surface area contributed by atoms with E-state index >= 15 is 0 Å². The van der Waals surface area contributed by atoms with Crippen molar-refractivity contribution in [2.24, 2.45) is 5.92 Å². The first kappa shape index (κ1) is 25.0. The summed E-state index contributed by atoms with van der Waals surface area (Å²) in [7, 11) is 0. The van der Waals surface area contributed by atoms with Crippen molar-refractivity contribution in [3.05, 3.63) is 90.5 Å². The fourth-order valence-electron chi connectivity index (χ4n) is 5.22. The summed E-state index contributed by atoms with van der Waals surface area (Å²) < 4.78 is 5.97. The maximum Gasteiger partial charge on any atom is 0.266 e. The van der Waals surface area contributed by atoms with Crippen molar-refractivity contribution in [2.45, 2.75) is 57.6 Å². The number of hydrogen-bond acceptors (Lipinski definition) is 5. The Kier molecular flexibility index (Phi) is 7.85. The van der Waals surface area contributed by atoms with Gasteiger partial charge in [0, 0.05) is 0 Å². The molecule has 2 aliphatic rings. The molecule has 0 saturated carbocycles. The Balaban J connectivity index is 1.34. The highest BCUT2D eigenvalue weighted by Gasteiger charge is 2.60. The van der Waals surface area contributed by atoms with Crippen LogP contribution in [-0.4, -0.2) is 24.5 Å². The highest BCUT2D eigenvalue weighted by molar-refractivity contribution is 6.23. The van der Waals surface area contributed by atoms with Gasteiger partial charge < -0.3 is 4.74 Å². The molecule has 0 aromatic heterocycles. The second-order valence-corrected chi connectivity index (χ2v) is 9.69. The number of unbranched alkanes of at least 4 members (excludes halogenated alkanes) is 5. The highest BCUT2D eigenvalue weighted by Crippen LogP contribution is 2.47. The van der Waals surface area contributed by atoms with E-state index in [2.05, 4.69) is 6.92 Å². The maximum atomic E-state index is 13.7. The molecule has 2 aliphatic heterocycles. The van der Waals surface area contributed by atoms with Crippen molar-refractivity contribution >= 4 is 23.2 Å². The molecule has 192 valence electrons. The zero-order valence-electron chi connectivity index (χ0n) is 21.3. The lowest BCUT2D eigenvalue weighted by Crippen LogP contribution is -2.37. The average molecular weight is 499 g/mol. The van der Waals surface area contributed by atoms with Gasteiger partial charge in [0.1, 0.15) is 11.7 Å². The molecular weight excluding hydrogens is 464 g/mol. The number of benzene rings is 3. The lowest BCUT2D eigenvalue weighted by molar-refractivity contribution is -0.126. The third kappa shape index (κ3) is 5.25. The molecule has 3 aromatic carbocycles. The molecule has 6 heteroatoms. The molecule has 2 saturated heterocycles. The number of imide groups is 1. The van der Waals surface area contributed by atoms with Crippen molar-refractivity contribution in [3.63, 3.8) is 0 Å². The highest BCUT2D eigenvalue weighted by atomic mass is 16.7. The van der Waals surface area contributed by atoms with Crippen LogP contribution >= 0.6 is 0 Å². The third-order valence-electron chi connectivity index (χ3n) is 7.13. The minimum Gasteiger partial charge on any atom is -0.494 e. The standard InChI is InChI=1S/C31H34N2O4/c1-2-3-4-5-6-13-22-36-26-20-18-23(19-21-26)28-27-29(37-33(28)25-16-11-8-12-17-25)31(35)32(30(27)34)24-14-9-7-10-15-24/h7-12,14-21,27-29H,2-6,13,22H2,1H3/t27-,28-,29-/m0/s1. The normalized spacial score (nSPS) is 20.9. The number of nitrogens with zero attached hydrogens (tertiary/aromatic N) is 2. The summed E-state index contributed by atoms with van der Waals surface area (Å²) in [6.07, 6.45) is 6.44. The van der Waals surface area contributed by atoms with Crippen molar-refractivity contribution in [1.29, 1.82) is 0 Å². The van der Waals surface area contributed by atoms with Gasteiger partial charge in [0.2, 0.25) is 5.91 Å². The van der Waals surface area contributed by atoms with Crippen LogP contribution in [0.4, 0.5) is 11.4 Å². The minimum absolute atomic E-state index is 0.243. The number of fused-ring (bicyclic) bond motifs is 1. The van der Waals surface area contributed by atoms with Gasteiger partial charge in [0.25, 0.3) is 5.91 Å². The first-order valence-corrected chi connectivity index (χ1v) is 13.4. The van der Waals surface area contributed by atoms with Crippen LogP contribution in [0.5, 0.6) is 5.75 Å². The van der Waals surface area contributed by atoms with Gasteiger partial charge >= 0.3 is 0 Å². The Labute approximate surface area is 218 Å². The first-order valence-electron chi connectivity index (χ1n) is 13.4. The van der Waals surface area contributed by atoms with Crippen molar-refractivity contribution in [1.82, 2.24) is 0 Å². The van der Waals surface area contributed by atoms with Gasteiger partial charge in [-0.2, -0.15) is 0 Å². The molecule has 2 amide bonds. The Bertz CT molecular complexity index is 1180. The monoisotopic (exact) mass is 498 g/mol. The van der Waals surface area contributed by atoms with E-state index in [9.17, 15) is 9.59 Å². The van der Waals surface area contributed by atoms with Crippen LogP contribution in [0.3, 0.4) is 0 Å². The zero-order valence-corrected chi connectivity index (χ0v) is 21.3. The van der Waals surface area contributed by atoms with E-state index in [1.165, 1.54) is 37.0 Å². The molecule has 5 rings (SSSR count). The molecule has 3 atom stereocenters. The predicted molar refractivity (Wildman–Crippen MR) is 144 cm³/mol. The lowest BCUT2D eigenvalue weighted by atomic mass is 9.90. The Morgan fingerprint density at radius 2 is 1.35 bits per heavy atom. The molecule has 6 nitrogen and oxygen atoms in total. The summed E-state index contributed by atoms with van der Waals surface area (Å²) in [6, 6.07) is 26.1. The number of anilines is 2. The second-order valence-electron chi connectivity index (χ2n) is 9.69. The summed E-state index contributed by atoms with van der Waals surface area (Å²) in [4.78, 5) is 34.5. The van der Waals surface area contributed by atoms with Gasteiger partial charge in [-0.25, -0.2) is 9.96 Å². The van der Waals surface area contributed by atoms with Crippen molar-refractivity contribution in [2.75, 3.05) is 16.6 Å². The quantitative estimate of drug-likeness (QED) is 0.224. The number of para-hydroxylation sites is 2. The number of ether oxygens (including phenoxy) is 1. The zero-order chi connectivity index (χ0) is 25.6. The van der Waals surface area contributed by atoms with E-state index in [4.69, 9.17) is 9.57 Å². The minimum atomic E-state index is -0.874. The van der Waals surface area contributed by atoms with Crippen LogP contribution < -0.4 is 14.7 Å². The molecule has 0 bridgehead atoms. The van der Waals surface area contributed by atoms with Gasteiger partial charge in [0.05, 0.1) is 24.0 Å². The van der Waals surface area contributed by atoms with Crippen LogP contribution in [0.2, 0.25) is 0 Å². The summed E-state index contributed by atoms with van der Waals surface area (Å²) in [5.41, 5.74) is 2.27. The summed E-state index contributed by atoms with van der Waals surface area (Å²) in [5, 5.41) is 1.72. The predicted octanol–water partition coefficient (Wildman–Crippen LogP) is 6.48. The van der Waals surface area contributed by atoms with Crippen molar-refractivity contribution in [3.8, 4) is 5.75 Å². The van der Waals surface area contributed by atoms with Crippen LogP contribution in [-0.2, 0) is 14.4 Å². The van der Waals surface area contributed by atoms with Crippen LogP contribution in [0.1, 0.15) is 57.1 Å². The fourth-order valence-corrected chi connectivity index (χ4v) is 5.22. The molecule has 37 heavy (non-hydrogen) atoms. The largest absolute Gasteiger partial charge is 0.494 e. The Morgan fingerprint density at radius 3 is 2.03 bits per heavy atom. The molecular formula is C31H34N2O4. The SMILES string of the molecule is CCCCCCCCOc1ccc([C@H]2[C@@H]3C(=O)N(c4ccccc4)C(=O)[C@H]3ON2c2ccccc2)cc1. The Morgan fingerprint density at radius 1 is 0.730 bits per heavy atom. The number of hydrogen-bond donors (Lipinski definition) is 0. The average Bonchev–Trinajstić information content (AvgIpc) is 3.45. The third-order valence-corrected chi connectivity index (χ3v) is 7.13. The summed E-state index contributed by atoms with van der Waals surface area (Å²) in [6.45, 7) is 2.92. The number of carbonyl (C=O) groups is 2. The van der Waals surface area contributed by atoms with E-state index in [0.29, 0.717) is 12.3 Å². The maximum absolute atomic E-state index is 13.7. The van der Waals surface area contributed by atoms with Crippen LogP contribution in [0, 0.1) is 5.92 Å². The first-order chi connectivity index (χ1) is 18.2. The smallest absolute Gasteiger partial charge is 0.266 e. The number of amides is 2. The molecule has 0 unspecified atom stereocenters. The second kappa shape index (κ2) is 11.6. The van der Waals surface area contributed by atoms with E-state index < -0.39 is 18.1 Å². The number of carbonyl (C=O) groups excluding carboxylic acids is 2. The van der Waals surface area contributed by atoms with E-state index in [1.807, 2.05) is 72.8 Å². The van der Waals surface area contributed by atoms with Crippen molar-refractivity contribution < 1.29 is 19.2 Å². The van der Waals surface area contributed by atoms with Gasteiger partial charge in [-0.1, -0.05) is 87.6 Å². The molecule has 0 spiro atoms. The molecule has 0 radical (unpaired) electrons. The van der Waals surface area contributed by atoms with Crippen LogP contribution in [0.25, 0.3) is 0 Å². The van der Waals surface area contributed by atoms with Crippen LogP contribution in [0.15, 0.2) is 84.9 Å².